The fraction of sp³-hybridized carbons (Fsp3) is 0.375. The number of carbonyl (C=O) groups excluding carboxylic acids is 2. The highest BCUT2D eigenvalue weighted by molar-refractivity contribution is 6.01. The van der Waals surface area contributed by atoms with Crippen LogP contribution in [0, 0.1) is 0 Å². The van der Waals surface area contributed by atoms with Crippen LogP contribution in [-0.2, 0) is 9.53 Å². The van der Waals surface area contributed by atoms with Gasteiger partial charge in [-0.15, -0.1) is 0 Å². The van der Waals surface area contributed by atoms with Crippen LogP contribution in [0.1, 0.15) is 32.4 Å². The van der Waals surface area contributed by atoms with Crippen LogP contribution in [-0.4, -0.2) is 33.6 Å². The number of aliphatic hydroxyl groups excluding tert-OH is 1. The number of ether oxygens (including phenoxy) is 1. The molecule has 0 fully saturated rings. The molecule has 0 bridgehead atoms. The molecule has 0 aromatic heterocycles. The van der Waals surface area contributed by atoms with Gasteiger partial charge < -0.3 is 9.84 Å². The average molecular weight is 289 g/mol. The highest BCUT2D eigenvalue weighted by atomic mass is 16.6. The van der Waals surface area contributed by atoms with E-state index < -0.39 is 29.7 Å². The van der Waals surface area contributed by atoms with Crippen LogP contribution < -0.4 is 0 Å². The molecular weight excluding hydrogens is 270 g/mol. The largest absolute Gasteiger partial charge is 0.443 e. The number of carbonyl (C=O) groups is 2. The number of hydrogen-bond acceptors (Lipinski definition) is 4. The summed E-state index contributed by atoms with van der Waals surface area (Å²) in [4.78, 5) is 25.0. The number of aliphatic hydroxyl groups is 1. The molecule has 1 N–H and O–H groups in total. The van der Waals surface area contributed by atoms with Gasteiger partial charge in [0.15, 0.2) is 0 Å². The third-order valence-corrected chi connectivity index (χ3v) is 3.03. The Kier molecular flexibility index (Phi) is 4.14. The molecule has 2 amide bonds. The van der Waals surface area contributed by atoms with Gasteiger partial charge in [-0.2, -0.15) is 0 Å². The molecule has 1 aromatic carbocycles. The van der Waals surface area contributed by atoms with E-state index in [9.17, 15) is 14.7 Å². The molecule has 2 atom stereocenters. The van der Waals surface area contributed by atoms with Crippen LogP contribution in [0.3, 0.4) is 0 Å². The number of nitrogens with zero attached hydrogens (tertiary/aromatic N) is 1. The van der Waals surface area contributed by atoms with E-state index in [0.717, 1.165) is 4.90 Å². The summed E-state index contributed by atoms with van der Waals surface area (Å²) in [5, 5.41) is 10.4. The van der Waals surface area contributed by atoms with Crippen molar-refractivity contribution in [3.05, 3.63) is 48.0 Å². The first-order chi connectivity index (χ1) is 9.79. The van der Waals surface area contributed by atoms with Gasteiger partial charge in [-0.1, -0.05) is 36.4 Å². The molecule has 0 saturated heterocycles. The van der Waals surface area contributed by atoms with Crippen LogP contribution in [0.4, 0.5) is 4.79 Å². The minimum absolute atomic E-state index is 0.482. The number of benzene rings is 1. The molecule has 1 aliphatic rings. The summed E-state index contributed by atoms with van der Waals surface area (Å²) in [6.45, 7) is 5.17. The Morgan fingerprint density at radius 3 is 2.48 bits per heavy atom. The first-order valence-electron chi connectivity index (χ1n) is 6.77. The molecule has 0 saturated carbocycles. The molecule has 112 valence electrons. The summed E-state index contributed by atoms with van der Waals surface area (Å²) >= 11 is 0. The van der Waals surface area contributed by atoms with Gasteiger partial charge in [0, 0.05) is 6.08 Å². The summed E-state index contributed by atoms with van der Waals surface area (Å²) in [7, 11) is 0. The van der Waals surface area contributed by atoms with Crippen molar-refractivity contribution in [2.45, 2.75) is 38.5 Å². The molecule has 0 spiro atoms. The standard InChI is InChI=1S/C16H19NO4/c1-16(2,3)21-15(20)17-12(9-10-13(17)18)14(19)11-7-5-4-6-8-11/h4-10,12,14,19H,1-3H3. The maximum atomic E-state index is 12.1. The lowest BCUT2D eigenvalue weighted by Gasteiger charge is -2.29. The van der Waals surface area contributed by atoms with Crippen LogP contribution >= 0.6 is 0 Å². The van der Waals surface area contributed by atoms with Gasteiger partial charge in [0.1, 0.15) is 11.7 Å². The molecule has 21 heavy (non-hydrogen) atoms. The zero-order valence-corrected chi connectivity index (χ0v) is 12.3. The molecule has 1 aliphatic heterocycles. The van der Waals surface area contributed by atoms with Gasteiger partial charge in [0.25, 0.3) is 5.91 Å². The van der Waals surface area contributed by atoms with E-state index in [-0.39, 0.29) is 0 Å². The summed E-state index contributed by atoms with van der Waals surface area (Å²) in [6.07, 6.45) is 1.06. The molecule has 0 radical (unpaired) electrons. The van der Waals surface area contributed by atoms with E-state index in [1.165, 1.54) is 12.2 Å². The molecule has 1 heterocycles. The summed E-state index contributed by atoms with van der Waals surface area (Å²) in [5.41, 5.74) is -0.0715. The fourth-order valence-corrected chi connectivity index (χ4v) is 2.11. The third kappa shape index (κ3) is 3.49. The molecular formula is C16H19NO4. The van der Waals surface area contributed by atoms with E-state index >= 15 is 0 Å². The minimum Gasteiger partial charge on any atom is -0.443 e. The lowest BCUT2D eigenvalue weighted by Crippen LogP contribution is -2.45. The van der Waals surface area contributed by atoms with E-state index in [2.05, 4.69) is 0 Å². The van der Waals surface area contributed by atoms with E-state index in [4.69, 9.17) is 4.74 Å². The van der Waals surface area contributed by atoms with Crippen molar-refractivity contribution >= 4 is 12.0 Å². The number of rotatable bonds is 2. The predicted molar refractivity (Wildman–Crippen MR) is 77.4 cm³/mol. The highest BCUT2D eigenvalue weighted by Gasteiger charge is 2.39. The minimum atomic E-state index is -0.985. The maximum absolute atomic E-state index is 12.1. The average Bonchev–Trinajstić information content (AvgIpc) is 2.79. The highest BCUT2D eigenvalue weighted by Crippen LogP contribution is 2.27. The normalized spacial score (nSPS) is 19.7. The quantitative estimate of drug-likeness (QED) is 0.908. The summed E-state index contributed by atoms with van der Waals surface area (Å²) in [5.74, 6) is -0.482. The predicted octanol–water partition coefficient (Wildman–Crippen LogP) is 2.42. The summed E-state index contributed by atoms with van der Waals surface area (Å²) < 4.78 is 5.22. The second-order valence-electron chi connectivity index (χ2n) is 5.89. The van der Waals surface area contributed by atoms with Crippen molar-refractivity contribution in [2.75, 3.05) is 0 Å². The second kappa shape index (κ2) is 5.69. The Morgan fingerprint density at radius 1 is 1.29 bits per heavy atom. The Labute approximate surface area is 123 Å². The van der Waals surface area contributed by atoms with E-state index in [1.54, 1.807) is 45.0 Å². The topological polar surface area (TPSA) is 66.8 Å². The summed E-state index contributed by atoms with van der Waals surface area (Å²) in [6, 6.07) is 8.14. The van der Waals surface area contributed by atoms with Gasteiger partial charge in [-0.3, -0.25) is 4.79 Å². The van der Waals surface area contributed by atoms with Gasteiger partial charge in [-0.05, 0) is 26.3 Å². The van der Waals surface area contributed by atoms with Crippen molar-refractivity contribution in [1.82, 2.24) is 4.90 Å². The first-order valence-corrected chi connectivity index (χ1v) is 6.77. The smallest absolute Gasteiger partial charge is 0.417 e. The Bertz CT molecular complexity index is 559. The van der Waals surface area contributed by atoms with Crippen LogP contribution in [0.25, 0.3) is 0 Å². The molecule has 5 heteroatoms. The van der Waals surface area contributed by atoms with Crippen molar-refractivity contribution < 1.29 is 19.4 Å². The van der Waals surface area contributed by atoms with E-state index in [0.29, 0.717) is 5.56 Å². The van der Waals surface area contributed by atoms with E-state index in [1.807, 2.05) is 6.07 Å². The first kappa shape index (κ1) is 15.3. The van der Waals surface area contributed by atoms with Crippen molar-refractivity contribution in [3.63, 3.8) is 0 Å². The monoisotopic (exact) mass is 289 g/mol. The second-order valence-corrected chi connectivity index (χ2v) is 5.89. The van der Waals surface area contributed by atoms with Crippen LogP contribution in [0.5, 0.6) is 0 Å². The van der Waals surface area contributed by atoms with Crippen molar-refractivity contribution in [1.29, 1.82) is 0 Å². The maximum Gasteiger partial charge on any atom is 0.417 e. The molecule has 2 unspecified atom stereocenters. The Balaban J connectivity index is 2.20. The van der Waals surface area contributed by atoms with Gasteiger partial charge in [-0.25, -0.2) is 9.69 Å². The van der Waals surface area contributed by atoms with Gasteiger partial charge in [0.05, 0.1) is 6.04 Å². The SMILES string of the molecule is CC(C)(C)OC(=O)N1C(=O)C=CC1C(O)c1ccccc1. The molecule has 5 nitrogen and oxygen atoms in total. The zero-order valence-electron chi connectivity index (χ0n) is 12.3. The van der Waals surface area contributed by atoms with Crippen molar-refractivity contribution in [2.24, 2.45) is 0 Å². The lowest BCUT2D eigenvalue weighted by molar-refractivity contribution is -0.126. The van der Waals surface area contributed by atoms with Crippen LogP contribution in [0.2, 0.25) is 0 Å². The Hall–Kier alpha value is -2.14. The molecule has 0 aliphatic carbocycles. The lowest BCUT2D eigenvalue weighted by atomic mass is 10.0. The third-order valence-electron chi connectivity index (χ3n) is 3.03. The number of imide groups is 1. The van der Waals surface area contributed by atoms with Crippen LogP contribution in [0.15, 0.2) is 42.5 Å². The van der Waals surface area contributed by atoms with Gasteiger partial charge in [0.2, 0.25) is 0 Å². The fourth-order valence-electron chi connectivity index (χ4n) is 2.11. The number of hydrogen-bond donors (Lipinski definition) is 1. The molecule has 2 rings (SSSR count). The van der Waals surface area contributed by atoms with Gasteiger partial charge >= 0.3 is 6.09 Å². The number of amides is 2. The Morgan fingerprint density at radius 2 is 1.90 bits per heavy atom. The zero-order chi connectivity index (χ0) is 15.6. The molecule has 1 aromatic rings. The van der Waals surface area contributed by atoms with Crippen molar-refractivity contribution in [3.8, 4) is 0 Å².